The monoisotopic (exact) mass is 321 g/mol. The molecule has 0 aliphatic rings. The topological polar surface area (TPSA) is 95.3 Å². The summed E-state index contributed by atoms with van der Waals surface area (Å²) in [5.41, 5.74) is 1.46. The number of phenols is 2. The van der Waals surface area contributed by atoms with E-state index < -0.39 is 5.91 Å². The average molecular weight is 322 g/mol. The van der Waals surface area contributed by atoms with Crippen LogP contribution in [0.1, 0.15) is 10.4 Å². The maximum Gasteiger partial charge on any atom is 0.259 e. The summed E-state index contributed by atoms with van der Waals surface area (Å²) < 4.78 is 8.16. The Morgan fingerprint density at radius 1 is 1.19 bits per heavy atom. The summed E-state index contributed by atoms with van der Waals surface area (Å²) in [5.74, 6) is -1.02. The number of hydrogen-bond donors (Lipinski definition) is 3. The number of nitrogens with zero attached hydrogens (tertiary/aromatic N) is 2. The second-order valence-electron chi connectivity index (χ2n) is 4.21. The van der Waals surface area contributed by atoms with E-state index in [1.807, 2.05) is 0 Å². The van der Waals surface area contributed by atoms with Crippen LogP contribution in [0.4, 0.5) is 5.69 Å². The summed E-state index contributed by atoms with van der Waals surface area (Å²) in [7, 11) is 0. The van der Waals surface area contributed by atoms with Crippen LogP contribution in [0, 0.1) is 0 Å². The number of aromatic hydroxyl groups is 2. The van der Waals surface area contributed by atoms with Gasteiger partial charge in [-0.3, -0.25) is 4.79 Å². The minimum absolute atomic E-state index is 0.0176. The van der Waals surface area contributed by atoms with Crippen LogP contribution >= 0.6 is 23.3 Å². The second kappa shape index (κ2) is 5.19. The molecule has 106 valence electrons. The molecule has 2 aromatic carbocycles. The molecule has 3 aromatic rings. The predicted octanol–water partition coefficient (Wildman–Crippen LogP) is 3.01. The quantitative estimate of drug-likeness (QED) is 0.674. The van der Waals surface area contributed by atoms with Gasteiger partial charge in [0, 0.05) is 6.07 Å². The van der Waals surface area contributed by atoms with Crippen molar-refractivity contribution in [2.24, 2.45) is 0 Å². The molecule has 21 heavy (non-hydrogen) atoms. The third-order valence-electron chi connectivity index (χ3n) is 2.84. The lowest BCUT2D eigenvalue weighted by atomic mass is 10.1. The summed E-state index contributed by atoms with van der Waals surface area (Å²) >= 11 is 7.09. The zero-order valence-electron chi connectivity index (χ0n) is 10.4. The van der Waals surface area contributed by atoms with E-state index in [0.717, 1.165) is 17.8 Å². The molecular weight excluding hydrogens is 314 g/mol. The van der Waals surface area contributed by atoms with Crippen molar-refractivity contribution in [1.29, 1.82) is 0 Å². The highest BCUT2D eigenvalue weighted by Crippen LogP contribution is 2.31. The van der Waals surface area contributed by atoms with Gasteiger partial charge in [-0.1, -0.05) is 11.6 Å². The van der Waals surface area contributed by atoms with Crippen molar-refractivity contribution >= 4 is 46.0 Å². The van der Waals surface area contributed by atoms with Gasteiger partial charge >= 0.3 is 0 Å². The number of anilines is 1. The molecule has 3 rings (SSSR count). The first-order valence-electron chi connectivity index (χ1n) is 5.80. The Hall–Kier alpha value is -2.38. The number of carbonyl (C=O) groups is 1. The number of phenolic OH excluding ortho intramolecular Hbond substituents is 2. The van der Waals surface area contributed by atoms with E-state index in [4.69, 9.17) is 11.6 Å². The molecule has 0 radical (unpaired) electrons. The molecule has 8 heteroatoms. The molecule has 1 amide bonds. The fourth-order valence-electron chi connectivity index (χ4n) is 1.84. The smallest absolute Gasteiger partial charge is 0.259 e. The van der Waals surface area contributed by atoms with Gasteiger partial charge < -0.3 is 15.5 Å². The van der Waals surface area contributed by atoms with E-state index in [2.05, 4.69) is 14.1 Å². The fourth-order valence-corrected chi connectivity index (χ4v) is 2.58. The van der Waals surface area contributed by atoms with Gasteiger partial charge in [0.2, 0.25) is 0 Å². The first-order valence-corrected chi connectivity index (χ1v) is 6.91. The third kappa shape index (κ3) is 2.48. The van der Waals surface area contributed by atoms with Gasteiger partial charge in [0.1, 0.15) is 22.5 Å². The molecule has 6 nitrogen and oxygen atoms in total. The molecule has 1 aromatic heterocycles. The van der Waals surface area contributed by atoms with E-state index in [-0.39, 0.29) is 17.1 Å². The number of hydrogen-bond acceptors (Lipinski definition) is 6. The lowest BCUT2D eigenvalue weighted by molar-refractivity contribution is 0.102. The van der Waals surface area contributed by atoms with E-state index in [1.54, 1.807) is 12.1 Å². The number of benzene rings is 2. The second-order valence-corrected chi connectivity index (χ2v) is 5.15. The normalized spacial score (nSPS) is 10.7. The van der Waals surface area contributed by atoms with E-state index in [1.165, 1.54) is 12.1 Å². The highest BCUT2D eigenvalue weighted by molar-refractivity contribution is 7.00. The van der Waals surface area contributed by atoms with E-state index in [9.17, 15) is 15.0 Å². The molecule has 0 saturated heterocycles. The Bertz CT molecular complexity index is 850. The van der Waals surface area contributed by atoms with Crippen molar-refractivity contribution in [3.63, 3.8) is 0 Å². The molecule has 0 aliphatic carbocycles. The standard InChI is InChI=1S/C13H8ClN3O3S/c14-8-3-4-9-12(17-21-16-9)11(8)15-13(20)7-2-1-6(18)5-10(7)19/h1-5,18-19H,(H,15,20). The fraction of sp³-hybridized carbons (Fsp3) is 0. The zero-order chi connectivity index (χ0) is 15.0. The number of nitrogens with one attached hydrogen (secondary N) is 1. The molecule has 0 atom stereocenters. The molecule has 0 unspecified atom stereocenters. The van der Waals surface area contributed by atoms with Crippen molar-refractivity contribution in [1.82, 2.24) is 8.75 Å². The van der Waals surface area contributed by atoms with Gasteiger partial charge in [-0.25, -0.2) is 0 Å². The summed E-state index contributed by atoms with van der Waals surface area (Å²) in [6.45, 7) is 0. The molecule has 0 bridgehead atoms. The maximum absolute atomic E-state index is 12.2. The Morgan fingerprint density at radius 3 is 2.76 bits per heavy atom. The van der Waals surface area contributed by atoms with Crippen LogP contribution < -0.4 is 5.32 Å². The van der Waals surface area contributed by atoms with Crippen molar-refractivity contribution in [3.05, 3.63) is 40.9 Å². The lowest BCUT2D eigenvalue weighted by Crippen LogP contribution is -2.12. The van der Waals surface area contributed by atoms with Gasteiger partial charge in [0.05, 0.1) is 28.0 Å². The third-order valence-corrected chi connectivity index (χ3v) is 3.70. The van der Waals surface area contributed by atoms with Crippen LogP contribution in [0.2, 0.25) is 5.02 Å². The predicted molar refractivity (Wildman–Crippen MR) is 80.1 cm³/mol. The summed E-state index contributed by atoms with van der Waals surface area (Å²) in [5, 5.41) is 21.9. The molecule has 0 fully saturated rings. The largest absolute Gasteiger partial charge is 0.508 e. The highest BCUT2D eigenvalue weighted by Gasteiger charge is 2.16. The number of halogens is 1. The van der Waals surface area contributed by atoms with Crippen molar-refractivity contribution in [3.8, 4) is 11.5 Å². The van der Waals surface area contributed by atoms with Crippen LogP contribution in [0.3, 0.4) is 0 Å². The number of aromatic nitrogens is 2. The first-order chi connectivity index (χ1) is 10.1. The minimum atomic E-state index is -0.560. The first kappa shape index (κ1) is 13.6. The van der Waals surface area contributed by atoms with Crippen molar-refractivity contribution in [2.45, 2.75) is 0 Å². The Labute approximate surface area is 128 Å². The molecule has 1 heterocycles. The van der Waals surface area contributed by atoms with Gasteiger partial charge in [-0.05, 0) is 24.3 Å². The van der Waals surface area contributed by atoms with E-state index >= 15 is 0 Å². The molecule has 0 spiro atoms. The van der Waals surface area contributed by atoms with Crippen LogP contribution in [0.15, 0.2) is 30.3 Å². The van der Waals surface area contributed by atoms with Crippen LogP contribution in [-0.4, -0.2) is 24.9 Å². The SMILES string of the molecule is O=C(Nc1c(Cl)ccc2nsnc12)c1ccc(O)cc1O. The Morgan fingerprint density at radius 2 is 2.00 bits per heavy atom. The van der Waals surface area contributed by atoms with Crippen LogP contribution in [0.5, 0.6) is 11.5 Å². The maximum atomic E-state index is 12.2. The Kier molecular flexibility index (Phi) is 3.36. The number of amides is 1. The Balaban J connectivity index is 2.00. The van der Waals surface area contributed by atoms with Crippen LogP contribution in [0.25, 0.3) is 11.0 Å². The van der Waals surface area contributed by atoms with Crippen LogP contribution in [-0.2, 0) is 0 Å². The molecule has 0 saturated carbocycles. The highest BCUT2D eigenvalue weighted by atomic mass is 35.5. The summed E-state index contributed by atoms with van der Waals surface area (Å²) in [6.07, 6.45) is 0. The van der Waals surface area contributed by atoms with E-state index in [0.29, 0.717) is 21.7 Å². The average Bonchev–Trinajstić information content (AvgIpc) is 2.90. The molecule has 0 aliphatic heterocycles. The van der Waals surface area contributed by atoms with Crippen molar-refractivity contribution in [2.75, 3.05) is 5.32 Å². The summed E-state index contributed by atoms with van der Waals surface area (Å²) in [4.78, 5) is 12.2. The zero-order valence-corrected chi connectivity index (χ0v) is 11.9. The molecular formula is C13H8ClN3O3S. The van der Waals surface area contributed by atoms with Gasteiger partial charge in [-0.2, -0.15) is 8.75 Å². The summed E-state index contributed by atoms with van der Waals surface area (Å²) in [6, 6.07) is 7.02. The number of rotatable bonds is 2. The molecule has 3 N–H and O–H groups in total. The number of fused-ring (bicyclic) bond motifs is 1. The van der Waals surface area contributed by atoms with Gasteiger partial charge in [-0.15, -0.1) is 0 Å². The lowest BCUT2D eigenvalue weighted by Gasteiger charge is -2.09. The van der Waals surface area contributed by atoms with Gasteiger partial charge in [0.25, 0.3) is 5.91 Å². The van der Waals surface area contributed by atoms with Gasteiger partial charge in [0.15, 0.2) is 0 Å². The minimum Gasteiger partial charge on any atom is -0.508 e. The number of carbonyl (C=O) groups excluding carboxylic acids is 1. The van der Waals surface area contributed by atoms with Crippen molar-refractivity contribution < 1.29 is 15.0 Å².